The SMILES string of the molecule is Cc1ccc(-n2cc3c(N4CCCC(C(=O)NCc5ccc(OC(C)C)cc5)C4)ncnc3n2)cc1. The van der Waals surface area contributed by atoms with Crippen LogP contribution in [-0.4, -0.2) is 44.8 Å². The van der Waals surface area contributed by atoms with E-state index in [1.54, 1.807) is 6.33 Å². The van der Waals surface area contributed by atoms with Crippen molar-refractivity contribution in [1.29, 1.82) is 0 Å². The van der Waals surface area contributed by atoms with E-state index in [-0.39, 0.29) is 17.9 Å². The predicted molar refractivity (Wildman–Crippen MR) is 140 cm³/mol. The van der Waals surface area contributed by atoms with Crippen molar-refractivity contribution in [3.05, 3.63) is 72.2 Å². The van der Waals surface area contributed by atoms with Crippen LogP contribution in [0.5, 0.6) is 5.75 Å². The van der Waals surface area contributed by atoms with E-state index < -0.39 is 0 Å². The fourth-order valence-electron chi connectivity index (χ4n) is 4.58. The van der Waals surface area contributed by atoms with Crippen LogP contribution in [0.2, 0.25) is 0 Å². The summed E-state index contributed by atoms with van der Waals surface area (Å²) < 4.78 is 7.54. The number of rotatable bonds is 7. The Balaban J connectivity index is 1.26. The lowest BCUT2D eigenvalue weighted by Crippen LogP contribution is -2.43. The number of aromatic nitrogens is 4. The number of amides is 1. The van der Waals surface area contributed by atoms with Gasteiger partial charge in [-0.05, 0) is 63.4 Å². The van der Waals surface area contributed by atoms with E-state index in [9.17, 15) is 4.79 Å². The van der Waals surface area contributed by atoms with Gasteiger partial charge in [0.1, 0.15) is 17.9 Å². The molecule has 1 aliphatic rings. The first-order valence-electron chi connectivity index (χ1n) is 12.5. The van der Waals surface area contributed by atoms with Gasteiger partial charge in [0.05, 0.1) is 23.1 Å². The van der Waals surface area contributed by atoms with Gasteiger partial charge in [0.15, 0.2) is 5.65 Å². The Labute approximate surface area is 211 Å². The number of ether oxygens (including phenoxy) is 1. The van der Waals surface area contributed by atoms with Crippen molar-refractivity contribution in [2.75, 3.05) is 18.0 Å². The van der Waals surface area contributed by atoms with Crippen LogP contribution in [0, 0.1) is 12.8 Å². The summed E-state index contributed by atoms with van der Waals surface area (Å²) in [5.74, 6) is 1.64. The second-order valence-electron chi connectivity index (χ2n) is 9.66. The second kappa shape index (κ2) is 10.4. The van der Waals surface area contributed by atoms with E-state index in [0.29, 0.717) is 18.7 Å². The van der Waals surface area contributed by atoms with Crippen LogP contribution >= 0.6 is 0 Å². The number of nitrogens with zero attached hydrogens (tertiary/aromatic N) is 5. The molecule has 0 radical (unpaired) electrons. The fourth-order valence-corrected chi connectivity index (χ4v) is 4.58. The quantitative estimate of drug-likeness (QED) is 0.417. The Kier molecular flexibility index (Phi) is 6.84. The molecule has 1 amide bonds. The summed E-state index contributed by atoms with van der Waals surface area (Å²) in [7, 11) is 0. The van der Waals surface area contributed by atoms with E-state index in [4.69, 9.17) is 4.74 Å². The van der Waals surface area contributed by atoms with Gasteiger partial charge in [-0.1, -0.05) is 29.8 Å². The highest BCUT2D eigenvalue weighted by Crippen LogP contribution is 2.28. The molecule has 0 saturated carbocycles. The van der Waals surface area contributed by atoms with Gasteiger partial charge in [-0.2, -0.15) is 0 Å². The summed E-state index contributed by atoms with van der Waals surface area (Å²) in [4.78, 5) is 24.2. The molecule has 8 heteroatoms. The summed E-state index contributed by atoms with van der Waals surface area (Å²) >= 11 is 0. The largest absolute Gasteiger partial charge is 0.491 e. The molecule has 0 bridgehead atoms. The van der Waals surface area contributed by atoms with Crippen LogP contribution in [0.3, 0.4) is 0 Å². The van der Waals surface area contributed by atoms with E-state index in [2.05, 4.69) is 44.3 Å². The van der Waals surface area contributed by atoms with E-state index in [0.717, 1.165) is 47.6 Å². The zero-order chi connectivity index (χ0) is 25.1. The Hall–Kier alpha value is -3.94. The Bertz CT molecular complexity index is 1330. The van der Waals surface area contributed by atoms with Crippen molar-refractivity contribution in [2.45, 2.75) is 46.3 Å². The summed E-state index contributed by atoms with van der Waals surface area (Å²) in [6.07, 6.45) is 5.46. The molecule has 1 N–H and O–H groups in total. The average molecular weight is 485 g/mol. The van der Waals surface area contributed by atoms with Gasteiger partial charge < -0.3 is 15.0 Å². The minimum absolute atomic E-state index is 0.0721. The molecular weight excluding hydrogens is 452 g/mol. The van der Waals surface area contributed by atoms with Crippen molar-refractivity contribution >= 4 is 22.8 Å². The summed E-state index contributed by atoms with van der Waals surface area (Å²) in [6.45, 7) is 8.04. The maximum Gasteiger partial charge on any atom is 0.225 e. The van der Waals surface area contributed by atoms with E-state index in [1.807, 2.05) is 61.1 Å². The number of piperidine rings is 1. The van der Waals surface area contributed by atoms with Gasteiger partial charge in [-0.25, -0.2) is 14.6 Å². The normalized spacial score (nSPS) is 15.9. The van der Waals surface area contributed by atoms with Crippen LogP contribution in [0.15, 0.2) is 61.1 Å². The number of nitrogens with one attached hydrogen (secondary N) is 1. The zero-order valence-electron chi connectivity index (χ0n) is 21.0. The molecule has 2 aromatic heterocycles. The maximum absolute atomic E-state index is 13.0. The van der Waals surface area contributed by atoms with Gasteiger partial charge in [0, 0.05) is 25.8 Å². The number of hydrogen-bond acceptors (Lipinski definition) is 6. The average Bonchev–Trinajstić information content (AvgIpc) is 3.33. The van der Waals surface area contributed by atoms with E-state index >= 15 is 0 Å². The number of anilines is 1. The number of hydrogen-bond donors (Lipinski definition) is 1. The lowest BCUT2D eigenvalue weighted by atomic mass is 9.97. The van der Waals surface area contributed by atoms with Crippen LogP contribution in [-0.2, 0) is 11.3 Å². The van der Waals surface area contributed by atoms with Crippen molar-refractivity contribution in [3.63, 3.8) is 0 Å². The van der Waals surface area contributed by atoms with Crippen LogP contribution in [0.4, 0.5) is 5.82 Å². The molecule has 1 fully saturated rings. The summed E-state index contributed by atoms with van der Waals surface area (Å²) in [6, 6.07) is 16.1. The summed E-state index contributed by atoms with van der Waals surface area (Å²) in [5.41, 5.74) is 3.88. The molecule has 8 nitrogen and oxygen atoms in total. The number of carbonyl (C=O) groups is 1. The lowest BCUT2D eigenvalue weighted by Gasteiger charge is -2.33. The topological polar surface area (TPSA) is 85.2 Å². The molecule has 5 rings (SSSR count). The molecule has 1 atom stereocenters. The first-order chi connectivity index (χ1) is 17.5. The maximum atomic E-state index is 13.0. The molecular formula is C28H32N6O2. The highest BCUT2D eigenvalue weighted by atomic mass is 16.5. The Morgan fingerprint density at radius 2 is 1.89 bits per heavy atom. The smallest absolute Gasteiger partial charge is 0.225 e. The molecule has 3 heterocycles. The van der Waals surface area contributed by atoms with Gasteiger partial charge in [-0.15, -0.1) is 5.10 Å². The number of benzene rings is 2. The third-order valence-electron chi connectivity index (χ3n) is 6.45. The third kappa shape index (κ3) is 5.32. The minimum atomic E-state index is -0.0977. The Morgan fingerprint density at radius 1 is 1.11 bits per heavy atom. The number of fused-ring (bicyclic) bond motifs is 1. The third-order valence-corrected chi connectivity index (χ3v) is 6.45. The second-order valence-corrected chi connectivity index (χ2v) is 9.66. The molecule has 0 aliphatic carbocycles. The number of aryl methyl sites for hydroxylation is 1. The molecule has 1 aliphatic heterocycles. The van der Waals surface area contributed by atoms with Crippen molar-refractivity contribution in [1.82, 2.24) is 25.1 Å². The standard InChI is InChI=1S/C28H32N6O2/c1-19(2)36-24-12-8-21(9-13-24)15-29-28(35)22-5-4-14-33(16-22)27-25-17-34(32-26(25)30-18-31-27)23-10-6-20(3)7-11-23/h6-13,17-19,22H,4-5,14-16H2,1-3H3,(H,29,35). The first-order valence-corrected chi connectivity index (χ1v) is 12.5. The predicted octanol–water partition coefficient (Wildman–Crippen LogP) is 4.44. The molecule has 1 saturated heterocycles. The first kappa shape index (κ1) is 23.8. The fraction of sp³-hybridized carbons (Fsp3) is 0.357. The lowest BCUT2D eigenvalue weighted by molar-refractivity contribution is -0.125. The number of carbonyl (C=O) groups excluding carboxylic acids is 1. The van der Waals surface area contributed by atoms with Gasteiger partial charge in [-0.3, -0.25) is 4.79 Å². The van der Waals surface area contributed by atoms with Crippen molar-refractivity contribution in [3.8, 4) is 11.4 Å². The van der Waals surface area contributed by atoms with Gasteiger partial charge in [0.2, 0.25) is 5.91 Å². The van der Waals surface area contributed by atoms with Crippen molar-refractivity contribution in [2.24, 2.45) is 5.92 Å². The van der Waals surface area contributed by atoms with E-state index in [1.165, 1.54) is 5.56 Å². The molecule has 4 aromatic rings. The minimum Gasteiger partial charge on any atom is -0.491 e. The molecule has 186 valence electrons. The molecule has 36 heavy (non-hydrogen) atoms. The van der Waals surface area contributed by atoms with Gasteiger partial charge in [0.25, 0.3) is 0 Å². The Morgan fingerprint density at radius 3 is 2.64 bits per heavy atom. The van der Waals surface area contributed by atoms with Crippen molar-refractivity contribution < 1.29 is 9.53 Å². The van der Waals surface area contributed by atoms with Crippen LogP contribution in [0.25, 0.3) is 16.7 Å². The van der Waals surface area contributed by atoms with Crippen LogP contribution < -0.4 is 15.0 Å². The van der Waals surface area contributed by atoms with Crippen LogP contribution in [0.1, 0.15) is 37.8 Å². The highest BCUT2D eigenvalue weighted by molar-refractivity contribution is 5.87. The zero-order valence-corrected chi connectivity index (χ0v) is 21.0. The monoisotopic (exact) mass is 484 g/mol. The molecule has 1 unspecified atom stereocenters. The highest BCUT2D eigenvalue weighted by Gasteiger charge is 2.28. The van der Waals surface area contributed by atoms with Gasteiger partial charge >= 0.3 is 0 Å². The molecule has 0 spiro atoms. The summed E-state index contributed by atoms with van der Waals surface area (Å²) in [5, 5.41) is 8.66. The molecule has 2 aromatic carbocycles.